The first-order valence-electron chi connectivity index (χ1n) is 5.09. The predicted octanol–water partition coefficient (Wildman–Crippen LogP) is 3.48. The van der Waals surface area contributed by atoms with Crippen molar-refractivity contribution in [1.82, 2.24) is 0 Å². The zero-order valence-corrected chi connectivity index (χ0v) is 9.77. The molecule has 2 rings (SSSR count). The standard InChI is InChI=1S/C12H7ClF3NO/c13-10-2-1-7(3-9(10)12(14,15)16)11(6-17)4-8(18)5-11/h1-3H,4-5H2. The van der Waals surface area contributed by atoms with Crippen molar-refractivity contribution < 1.29 is 18.0 Å². The molecule has 18 heavy (non-hydrogen) atoms. The van der Waals surface area contributed by atoms with Gasteiger partial charge in [0.25, 0.3) is 0 Å². The third kappa shape index (κ3) is 1.97. The van der Waals surface area contributed by atoms with Crippen molar-refractivity contribution in [2.24, 2.45) is 0 Å². The molecule has 94 valence electrons. The van der Waals surface area contributed by atoms with E-state index < -0.39 is 22.2 Å². The quantitative estimate of drug-likeness (QED) is 0.786. The van der Waals surface area contributed by atoms with Crippen LogP contribution in [0.4, 0.5) is 13.2 Å². The fourth-order valence-electron chi connectivity index (χ4n) is 2.01. The van der Waals surface area contributed by atoms with Crippen LogP contribution in [0.25, 0.3) is 0 Å². The Morgan fingerprint density at radius 3 is 2.39 bits per heavy atom. The van der Waals surface area contributed by atoms with Crippen molar-refractivity contribution in [3.8, 4) is 6.07 Å². The number of hydrogen-bond acceptors (Lipinski definition) is 2. The molecule has 0 atom stereocenters. The SMILES string of the molecule is N#CC1(c2ccc(Cl)c(C(F)(F)F)c2)CC(=O)C1. The second-order valence-corrected chi connectivity index (χ2v) is 4.69. The van der Waals surface area contributed by atoms with Gasteiger partial charge in [-0.15, -0.1) is 0 Å². The highest BCUT2D eigenvalue weighted by atomic mass is 35.5. The maximum Gasteiger partial charge on any atom is 0.417 e. The zero-order chi connectivity index (χ0) is 13.6. The van der Waals surface area contributed by atoms with E-state index in [0.717, 1.165) is 12.1 Å². The first kappa shape index (κ1) is 12.9. The van der Waals surface area contributed by atoms with Crippen LogP contribution in [0.5, 0.6) is 0 Å². The summed E-state index contributed by atoms with van der Waals surface area (Å²) in [5.41, 5.74) is -1.90. The van der Waals surface area contributed by atoms with E-state index in [9.17, 15) is 18.0 Å². The lowest BCUT2D eigenvalue weighted by Crippen LogP contribution is -2.40. The molecule has 0 spiro atoms. The Bertz CT molecular complexity index is 551. The summed E-state index contributed by atoms with van der Waals surface area (Å²) in [4.78, 5) is 11.0. The molecule has 0 radical (unpaired) electrons. The summed E-state index contributed by atoms with van der Waals surface area (Å²) in [5.74, 6) is -0.125. The summed E-state index contributed by atoms with van der Waals surface area (Å²) in [7, 11) is 0. The van der Waals surface area contributed by atoms with Crippen molar-refractivity contribution in [3.63, 3.8) is 0 Å². The van der Waals surface area contributed by atoms with Crippen LogP contribution >= 0.6 is 11.6 Å². The lowest BCUT2D eigenvalue weighted by molar-refractivity contribution is -0.137. The van der Waals surface area contributed by atoms with E-state index in [0.29, 0.717) is 0 Å². The van der Waals surface area contributed by atoms with Crippen LogP contribution in [0.15, 0.2) is 18.2 Å². The number of alkyl halides is 3. The van der Waals surface area contributed by atoms with Gasteiger partial charge in [0.15, 0.2) is 0 Å². The molecule has 0 amide bonds. The molecule has 2 nitrogen and oxygen atoms in total. The number of Topliss-reactive ketones (excluding diaryl/α,β-unsaturated/α-hetero) is 1. The van der Waals surface area contributed by atoms with E-state index in [4.69, 9.17) is 16.9 Å². The lowest BCUT2D eigenvalue weighted by Gasteiger charge is -2.34. The van der Waals surface area contributed by atoms with Crippen molar-refractivity contribution in [2.45, 2.75) is 24.4 Å². The van der Waals surface area contributed by atoms with Gasteiger partial charge < -0.3 is 0 Å². The minimum absolute atomic E-state index is 0.0393. The molecule has 0 heterocycles. The third-order valence-electron chi connectivity index (χ3n) is 3.04. The third-order valence-corrected chi connectivity index (χ3v) is 3.37. The van der Waals surface area contributed by atoms with Crippen molar-refractivity contribution in [3.05, 3.63) is 34.3 Å². The summed E-state index contributed by atoms with van der Waals surface area (Å²) >= 11 is 5.49. The van der Waals surface area contributed by atoms with Gasteiger partial charge in [0.1, 0.15) is 5.78 Å². The minimum atomic E-state index is -4.57. The van der Waals surface area contributed by atoms with Crippen molar-refractivity contribution in [2.75, 3.05) is 0 Å². The number of nitrogens with zero attached hydrogens (tertiary/aromatic N) is 1. The first-order chi connectivity index (χ1) is 8.28. The van der Waals surface area contributed by atoms with Gasteiger partial charge in [-0.3, -0.25) is 4.79 Å². The molecule has 1 aliphatic rings. The zero-order valence-electron chi connectivity index (χ0n) is 9.01. The Balaban J connectivity index is 2.49. The summed E-state index contributed by atoms with van der Waals surface area (Å²) in [6, 6.07) is 5.27. The number of benzene rings is 1. The van der Waals surface area contributed by atoms with Crippen LogP contribution in [0.3, 0.4) is 0 Å². The fraction of sp³-hybridized carbons (Fsp3) is 0.333. The smallest absolute Gasteiger partial charge is 0.300 e. The summed E-state index contributed by atoms with van der Waals surface area (Å²) in [6.07, 6.45) is -4.65. The lowest BCUT2D eigenvalue weighted by atomic mass is 9.64. The maximum absolute atomic E-state index is 12.7. The highest BCUT2D eigenvalue weighted by Gasteiger charge is 2.46. The molecular weight excluding hydrogens is 267 g/mol. The molecule has 1 aromatic rings. The van der Waals surface area contributed by atoms with Crippen LogP contribution in [-0.2, 0) is 16.4 Å². The Morgan fingerprint density at radius 2 is 1.94 bits per heavy atom. The Morgan fingerprint density at radius 1 is 1.33 bits per heavy atom. The number of rotatable bonds is 1. The highest BCUT2D eigenvalue weighted by Crippen LogP contribution is 2.44. The molecule has 1 saturated carbocycles. The normalized spacial score (nSPS) is 18.1. The molecule has 0 aliphatic heterocycles. The first-order valence-corrected chi connectivity index (χ1v) is 5.46. The summed E-state index contributed by atoms with van der Waals surface area (Å²) in [5, 5.41) is 8.64. The van der Waals surface area contributed by atoms with Gasteiger partial charge in [-0.2, -0.15) is 18.4 Å². The van der Waals surface area contributed by atoms with E-state index in [1.165, 1.54) is 6.07 Å². The Hall–Kier alpha value is -1.54. The summed E-state index contributed by atoms with van der Waals surface area (Å²) in [6.45, 7) is 0. The number of halogens is 4. The van der Waals surface area contributed by atoms with Gasteiger partial charge in [-0.05, 0) is 17.7 Å². The van der Waals surface area contributed by atoms with Crippen LogP contribution in [0.2, 0.25) is 5.02 Å². The molecule has 0 unspecified atom stereocenters. The monoisotopic (exact) mass is 273 g/mol. The van der Waals surface area contributed by atoms with E-state index in [1.54, 1.807) is 0 Å². The van der Waals surface area contributed by atoms with Crippen LogP contribution in [0.1, 0.15) is 24.0 Å². The molecule has 1 fully saturated rings. The number of ketones is 1. The number of carbonyl (C=O) groups is 1. The molecule has 1 aromatic carbocycles. The van der Waals surface area contributed by atoms with Crippen LogP contribution in [0, 0.1) is 11.3 Å². The number of hydrogen-bond donors (Lipinski definition) is 0. The van der Waals surface area contributed by atoms with E-state index in [2.05, 4.69) is 0 Å². The molecule has 1 aliphatic carbocycles. The fourth-order valence-corrected chi connectivity index (χ4v) is 2.23. The Labute approximate surface area is 106 Å². The van der Waals surface area contributed by atoms with Gasteiger partial charge in [-0.1, -0.05) is 17.7 Å². The average molecular weight is 274 g/mol. The van der Waals surface area contributed by atoms with Gasteiger partial charge >= 0.3 is 6.18 Å². The molecule has 0 bridgehead atoms. The molecule has 0 saturated heterocycles. The minimum Gasteiger partial charge on any atom is -0.300 e. The molecule has 0 N–H and O–H groups in total. The molecule has 0 aromatic heterocycles. The highest BCUT2D eigenvalue weighted by molar-refractivity contribution is 6.31. The topological polar surface area (TPSA) is 40.9 Å². The predicted molar refractivity (Wildman–Crippen MR) is 58.0 cm³/mol. The van der Waals surface area contributed by atoms with Gasteiger partial charge in [0.05, 0.1) is 22.1 Å². The van der Waals surface area contributed by atoms with E-state index in [1.807, 2.05) is 6.07 Å². The molecular formula is C12H7ClF3NO. The number of nitriles is 1. The van der Waals surface area contributed by atoms with Crippen LogP contribution < -0.4 is 0 Å². The van der Waals surface area contributed by atoms with Crippen molar-refractivity contribution >= 4 is 17.4 Å². The Kier molecular flexibility index (Phi) is 2.86. The van der Waals surface area contributed by atoms with Crippen molar-refractivity contribution in [1.29, 1.82) is 5.26 Å². The van der Waals surface area contributed by atoms with E-state index in [-0.39, 0.29) is 24.2 Å². The van der Waals surface area contributed by atoms with Gasteiger partial charge in [0.2, 0.25) is 0 Å². The second kappa shape index (κ2) is 3.99. The maximum atomic E-state index is 12.7. The number of carbonyl (C=O) groups excluding carboxylic acids is 1. The van der Waals surface area contributed by atoms with E-state index >= 15 is 0 Å². The van der Waals surface area contributed by atoms with Crippen LogP contribution in [-0.4, -0.2) is 5.78 Å². The van der Waals surface area contributed by atoms with Gasteiger partial charge in [-0.25, -0.2) is 0 Å². The summed E-state index contributed by atoms with van der Waals surface area (Å²) < 4.78 is 38.1. The largest absolute Gasteiger partial charge is 0.417 e. The second-order valence-electron chi connectivity index (χ2n) is 4.28. The molecule has 6 heteroatoms. The van der Waals surface area contributed by atoms with Gasteiger partial charge in [0, 0.05) is 12.8 Å². The average Bonchev–Trinajstić information content (AvgIpc) is 2.23.